The van der Waals surface area contributed by atoms with E-state index in [4.69, 9.17) is 4.74 Å². The quantitative estimate of drug-likeness (QED) is 0.891. The Kier molecular flexibility index (Phi) is 4.72. The number of nitriles is 1. The van der Waals surface area contributed by atoms with Gasteiger partial charge in [0.15, 0.2) is 0 Å². The van der Waals surface area contributed by atoms with E-state index >= 15 is 0 Å². The summed E-state index contributed by atoms with van der Waals surface area (Å²) >= 11 is 0. The van der Waals surface area contributed by atoms with Crippen molar-refractivity contribution < 1.29 is 13.5 Å². The van der Waals surface area contributed by atoms with E-state index in [1.54, 1.807) is 19.2 Å². The van der Waals surface area contributed by atoms with E-state index in [0.29, 0.717) is 17.0 Å². The van der Waals surface area contributed by atoms with Gasteiger partial charge in [-0.1, -0.05) is 36.4 Å². The molecule has 2 aromatic rings. The molecule has 0 aromatic heterocycles. The molecule has 0 aliphatic carbocycles. The lowest BCUT2D eigenvalue weighted by Gasteiger charge is -2.16. The second-order valence-electron chi connectivity index (χ2n) is 4.37. The number of ether oxygens (including phenoxy) is 1. The van der Waals surface area contributed by atoms with E-state index in [2.05, 4.69) is 11.4 Å². The summed E-state index contributed by atoms with van der Waals surface area (Å²) in [6.45, 7) is 0. The number of nitrogens with zero attached hydrogens (tertiary/aromatic N) is 1. The third-order valence-electron chi connectivity index (χ3n) is 3.06. The zero-order valence-corrected chi connectivity index (χ0v) is 11.4. The number of rotatable bonds is 5. The van der Waals surface area contributed by atoms with Crippen LogP contribution in [0.25, 0.3) is 0 Å². The highest BCUT2D eigenvalue weighted by atomic mass is 19.3. The highest BCUT2D eigenvalue weighted by Crippen LogP contribution is 2.28. The van der Waals surface area contributed by atoms with Gasteiger partial charge in [0, 0.05) is 5.56 Å². The standard InChI is InChI=1S/C16H14F2N2O/c1-21-15-5-3-2-4-13(15)20-14(10-19)11-6-8-12(9-7-11)16(17)18/h2-9,14,16,20H,1H3. The molecular formula is C16H14F2N2O. The first-order valence-corrected chi connectivity index (χ1v) is 6.33. The van der Waals surface area contributed by atoms with Crippen molar-refractivity contribution >= 4 is 5.69 Å². The predicted molar refractivity (Wildman–Crippen MR) is 76.4 cm³/mol. The lowest BCUT2D eigenvalue weighted by molar-refractivity contribution is 0.151. The van der Waals surface area contributed by atoms with Gasteiger partial charge in [0.25, 0.3) is 6.43 Å². The number of para-hydroxylation sites is 2. The van der Waals surface area contributed by atoms with E-state index in [1.807, 2.05) is 12.1 Å². The highest BCUT2D eigenvalue weighted by molar-refractivity contribution is 5.58. The van der Waals surface area contributed by atoms with Crippen LogP contribution < -0.4 is 10.1 Å². The summed E-state index contributed by atoms with van der Waals surface area (Å²) in [5, 5.41) is 12.3. The molecule has 0 aliphatic rings. The van der Waals surface area contributed by atoms with Gasteiger partial charge in [0.2, 0.25) is 0 Å². The van der Waals surface area contributed by atoms with Gasteiger partial charge in [-0.3, -0.25) is 0 Å². The molecule has 0 fully saturated rings. The van der Waals surface area contributed by atoms with Crippen LogP contribution in [0.5, 0.6) is 5.75 Å². The number of alkyl halides is 2. The SMILES string of the molecule is COc1ccccc1NC(C#N)c1ccc(C(F)F)cc1. The van der Waals surface area contributed by atoms with Crippen LogP contribution in [0.15, 0.2) is 48.5 Å². The molecule has 5 heteroatoms. The Morgan fingerprint density at radius 1 is 1.05 bits per heavy atom. The Balaban J connectivity index is 2.22. The minimum absolute atomic E-state index is 0.0623. The molecular weight excluding hydrogens is 274 g/mol. The van der Waals surface area contributed by atoms with Gasteiger partial charge in [0.1, 0.15) is 11.8 Å². The third kappa shape index (κ3) is 3.48. The molecule has 0 bridgehead atoms. The van der Waals surface area contributed by atoms with E-state index in [-0.39, 0.29) is 5.56 Å². The largest absolute Gasteiger partial charge is 0.495 e. The first-order chi connectivity index (χ1) is 10.2. The minimum Gasteiger partial charge on any atom is -0.495 e. The molecule has 0 saturated carbocycles. The van der Waals surface area contributed by atoms with Crippen LogP contribution in [0.3, 0.4) is 0 Å². The van der Waals surface area contributed by atoms with Crippen molar-refractivity contribution in [2.75, 3.05) is 12.4 Å². The molecule has 0 radical (unpaired) electrons. The van der Waals surface area contributed by atoms with Crippen LogP contribution in [0.2, 0.25) is 0 Å². The van der Waals surface area contributed by atoms with E-state index in [1.165, 1.54) is 24.3 Å². The normalized spacial score (nSPS) is 11.8. The molecule has 1 unspecified atom stereocenters. The maximum absolute atomic E-state index is 12.5. The van der Waals surface area contributed by atoms with E-state index in [9.17, 15) is 14.0 Å². The first-order valence-electron chi connectivity index (χ1n) is 6.33. The first kappa shape index (κ1) is 14.8. The summed E-state index contributed by atoms with van der Waals surface area (Å²) in [4.78, 5) is 0. The average molecular weight is 288 g/mol. The molecule has 3 nitrogen and oxygen atoms in total. The summed E-state index contributed by atoms with van der Waals surface area (Å²) in [5.74, 6) is 0.613. The smallest absolute Gasteiger partial charge is 0.263 e. The summed E-state index contributed by atoms with van der Waals surface area (Å²) in [5.41, 5.74) is 1.23. The van der Waals surface area contributed by atoms with Gasteiger partial charge < -0.3 is 10.1 Å². The van der Waals surface area contributed by atoms with Crippen LogP contribution in [0, 0.1) is 11.3 Å². The zero-order valence-electron chi connectivity index (χ0n) is 11.4. The average Bonchev–Trinajstić information content (AvgIpc) is 2.53. The Labute approximate surface area is 121 Å². The van der Waals surface area contributed by atoms with Crippen molar-refractivity contribution in [3.8, 4) is 11.8 Å². The van der Waals surface area contributed by atoms with E-state index in [0.717, 1.165) is 0 Å². The van der Waals surface area contributed by atoms with Gasteiger partial charge in [-0.05, 0) is 17.7 Å². The number of halogens is 2. The lowest BCUT2D eigenvalue weighted by Crippen LogP contribution is -2.09. The Morgan fingerprint density at radius 3 is 2.24 bits per heavy atom. The number of methoxy groups -OCH3 is 1. The maximum Gasteiger partial charge on any atom is 0.263 e. The molecule has 0 amide bonds. The number of hydrogen-bond acceptors (Lipinski definition) is 3. The summed E-state index contributed by atoms with van der Waals surface area (Å²) < 4.78 is 30.3. The van der Waals surface area contributed by atoms with Crippen molar-refractivity contribution in [3.63, 3.8) is 0 Å². The van der Waals surface area contributed by atoms with Gasteiger partial charge in [-0.25, -0.2) is 8.78 Å². The van der Waals surface area contributed by atoms with Crippen molar-refractivity contribution in [2.24, 2.45) is 0 Å². The number of anilines is 1. The lowest BCUT2D eigenvalue weighted by atomic mass is 10.1. The van der Waals surface area contributed by atoms with Crippen molar-refractivity contribution in [1.82, 2.24) is 0 Å². The minimum atomic E-state index is -2.51. The molecule has 108 valence electrons. The van der Waals surface area contributed by atoms with Crippen LogP contribution in [0.1, 0.15) is 23.6 Å². The molecule has 21 heavy (non-hydrogen) atoms. The monoisotopic (exact) mass is 288 g/mol. The number of hydrogen-bond donors (Lipinski definition) is 1. The third-order valence-corrected chi connectivity index (χ3v) is 3.06. The Hall–Kier alpha value is -2.61. The highest BCUT2D eigenvalue weighted by Gasteiger charge is 2.14. The van der Waals surface area contributed by atoms with Gasteiger partial charge in [-0.15, -0.1) is 0 Å². The summed E-state index contributed by atoms with van der Waals surface area (Å²) in [6, 6.07) is 14.4. The molecule has 0 aliphatic heterocycles. The van der Waals surface area contributed by atoms with Gasteiger partial charge in [0.05, 0.1) is 18.9 Å². The molecule has 1 atom stereocenters. The van der Waals surface area contributed by atoms with Crippen LogP contribution in [0.4, 0.5) is 14.5 Å². The second-order valence-corrected chi connectivity index (χ2v) is 4.37. The van der Waals surface area contributed by atoms with Crippen LogP contribution in [-0.4, -0.2) is 7.11 Å². The van der Waals surface area contributed by atoms with Crippen molar-refractivity contribution in [3.05, 3.63) is 59.7 Å². The molecule has 0 heterocycles. The Morgan fingerprint density at radius 2 is 1.67 bits per heavy atom. The fourth-order valence-corrected chi connectivity index (χ4v) is 1.94. The topological polar surface area (TPSA) is 45.0 Å². The predicted octanol–water partition coefficient (Wildman–Crippen LogP) is 4.31. The summed E-state index contributed by atoms with van der Waals surface area (Å²) in [7, 11) is 1.54. The molecule has 0 spiro atoms. The molecule has 2 aromatic carbocycles. The van der Waals surface area contributed by atoms with E-state index < -0.39 is 12.5 Å². The van der Waals surface area contributed by atoms with Crippen molar-refractivity contribution in [2.45, 2.75) is 12.5 Å². The molecule has 2 rings (SSSR count). The van der Waals surface area contributed by atoms with Crippen LogP contribution in [-0.2, 0) is 0 Å². The number of benzene rings is 2. The molecule has 1 N–H and O–H groups in total. The van der Waals surface area contributed by atoms with Crippen molar-refractivity contribution in [1.29, 1.82) is 5.26 Å². The Bertz CT molecular complexity index is 635. The van der Waals surface area contributed by atoms with Gasteiger partial charge >= 0.3 is 0 Å². The van der Waals surface area contributed by atoms with Crippen LogP contribution >= 0.6 is 0 Å². The number of nitrogens with one attached hydrogen (secondary N) is 1. The second kappa shape index (κ2) is 6.71. The summed E-state index contributed by atoms with van der Waals surface area (Å²) in [6.07, 6.45) is -2.51. The fraction of sp³-hybridized carbons (Fsp3) is 0.188. The molecule has 0 saturated heterocycles. The van der Waals surface area contributed by atoms with Gasteiger partial charge in [-0.2, -0.15) is 5.26 Å². The fourth-order valence-electron chi connectivity index (χ4n) is 1.94. The maximum atomic E-state index is 12.5. The zero-order chi connectivity index (χ0) is 15.2.